The Bertz CT molecular complexity index is 1010. The summed E-state index contributed by atoms with van der Waals surface area (Å²) >= 11 is 19.8. The van der Waals surface area contributed by atoms with E-state index >= 15 is 0 Å². The van der Waals surface area contributed by atoms with E-state index in [1.54, 1.807) is 35.2 Å². The van der Waals surface area contributed by atoms with Crippen LogP contribution in [0, 0.1) is 5.82 Å². The second kappa shape index (κ2) is 13.7. The molecule has 0 aliphatic heterocycles. The largest absolute Gasteiger partial charge is 0.352 e. The van der Waals surface area contributed by atoms with Gasteiger partial charge in [-0.25, -0.2) is 4.39 Å². The molecule has 190 valence electrons. The highest BCUT2D eigenvalue weighted by Gasteiger charge is 2.30. The third-order valence-electron chi connectivity index (χ3n) is 6.23. The van der Waals surface area contributed by atoms with Gasteiger partial charge in [0.2, 0.25) is 11.8 Å². The minimum atomic E-state index is -0.645. The zero-order valence-electron chi connectivity index (χ0n) is 19.7. The fraction of sp³-hybridized carbons (Fsp3) is 0.462. The maximum absolute atomic E-state index is 14.1. The number of halogens is 4. The number of amides is 2. The SMILES string of the molecule is CCC(C(=O)NC1CCCCC1)N(Cc1ccc(Cl)cc1Cl)C(=O)CSCc1c(F)cccc1Cl. The van der Waals surface area contributed by atoms with Gasteiger partial charge in [-0.15, -0.1) is 11.8 Å². The van der Waals surface area contributed by atoms with Crippen LogP contribution >= 0.6 is 46.6 Å². The summed E-state index contributed by atoms with van der Waals surface area (Å²) in [6.07, 6.45) is 5.75. The number of nitrogens with zero attached hydrogens (tertiary/aromatic N) is 1. The normalized spacial score (nSPS) is 15.0. The Morgan fingerprint density at radius 3 is 2.51 bits per heavy atom. The molecule has 1 N–H and O–H groups in total. The van der Waals surface area contributed by atoms with Gasteiger partial charge in [-0.3, -0.25) is 9.59 Å². The molecule has 1 fully saturated rings. The van der Waals surface area contributed by atoms with Crippen LogP contribution in [0.3, 0.4) is 0 Å². The maximum Gasteiger partial charge on any atom is 0.243 e. The van der Waals surface area contributed by atoms with Gasteiger partial charge in [0.1, 0.15) is 11.9 Å². The molecule has 0 spiro atoms. The van der Waals surface area contributed by atoms with E-state index in [1.807, 2.05) is 6.92 Å². The van der Waals surface area contributed by atoms with Crippen LogP contribution in [-0.4, -0.2) is 34.6 Å². The molecule has 4 nitrogen and oxygen atoms in total. The van der Waals surface area contributed by atoms with Crippen molar-refractivity contribution in [3.8, 4) is 0 Å². The lowest BCUT2D eigenvalue weighted by Crippen LogP contribution is -2.52. The van der Waals surface area contributed by atoms with E-state index < -0.39 is 11.9 Å². The van der Waals surface area contributed by atoms with E-state index in [2.05, 4.69) is 5.32 Å². The van der Waals surface area contributed by atoms with Crippen molar-refractivity contribution in [1.82, 2.24) is 10.2 Å². The molecule has 0 radical (unpaired) electrons. The highest BCUT2D eigenvalue weighted by Crippen LogP contribution is 2.27. The lowest BCUT2D eigenvalue weighted by molar-refractivity contribution is -0.139. The third-order valence-corrected chi connectivity index (χ3v) is 8.11. The van der Waals surface area contributed by atoms with Crippen molar-refractivity contribution in [1.29, 1.82) is 0 Å². The fourth-order valence-electron chi connectivity index (χ4n) is 4.29. The summed E-state index contributed by atoms with van der Waals surface area (Å²) in [5, 5.41) is 4.41. The number of benzene rings is 2. The molecule has 0 saturated heterocycles. The summed E-state index contributed by atoms with van der Waals surface area (Å²) in [5.41, 5.74) is 1.07. The molecule has 2 amide bonds. The zero-order valence-corrected chi connectivity index (χ0v) is 22.8. The van der Waals surface area contributed by atoms with E-state index in [-0.39, 0.29) is 35.9 Å². The van der Waals surface area contributed by atoms with Gasteiger partial charge in [0.15, 0.2) is 0 Å². The number of thioether (sulfide) groups is 1. The molecule has 2 aromatic carbocycles. The Hall–Kier alpha value is -1.47. The lowest BCUT2D eigenvalue weighted by atomic mass is 9.95. The van der Waals surface area contributed by atoms with E-state index in [0.29, 0.717) is 32.6 Å². The lowest BCUT2D eigenvalue weighted by Gasteiger charge is -2.33. The molecule has 0 aromatic heterocycles. The average Bonchev–Trinajstić information content (AvgIpc) is 2.82. The Kier molecular flexibility index (Phi) is 11.0. The van der Waals surface area contributed by atoms with Gasteiger partial charge in [0, 0.05) is 39.0 Å². The van der Waals surface area contributed by atoms with E-state index in [0.717, 1.165) is 25.7 Å². The van der Waals surface area contributed by atoms with Gasteiger partial charge in [0.05, 0.1) is 5.75 Å². The van der Waals surface area contributed by atoms with Crippen molar-refractivity contribution in [3.63, 3.8) is 0 Å². The van der Waals surface area contributed by atoms with Crippen LogP contribution in [0.4, 0.5) is 4.39 Å². The van der Waals surface area contributed by atoms with Gasteiger partial charge >= 0.3 is 0 Å². The van der Waals surface area contributed by atoms with Gasteiger partial charge in [-0.2, -0.15) is 0 Å². The minimum absolute atomic E-state index is 0.0725. The minimum Gasteiger partial charge on any atom is -0.352 e. The summed E-state index contributed by atoms with van der Waals surface area (Å²) in [6.45, 7) is 2.06. The van der Waals surface area contributed by atoms with Crippen LogP contribution in [0.25, 0.3) is 0 Å². The van der Waals surface area contributed by atoms with Gasteiger partial charge < -0.3 is 10.2 Å². The van der Waals surface area contributed by atoms with E-state index in [9.17, 15) is 14.0 Å². The third kappa shape index (κ3) is 8.01. The van der Waals surface area contributed by atoms with Crippen molar-refractivity contribution in [2.24, 2.45) is 0 Å². The summed E-state index contributed by atoms with van der Waals surface area (Å²) in [4.78, 5) is 28.3. The summed E-state index contributed by atoms with van der Waals surface area (Å²) < 4.78 is 14.1. The molecule has 2 aromatic rings. The van der Waals surface area contributed by atoms with Crippen molar-refractivity contribution in [2.45, 2.75) is 69.8 Å². The Morgan fingerprint density at radius 2 is 1.86 bits per heavy atom. The first-order valence-corrected chi connectivity index (χ1v) is 14.1. The van der Waals surface area contributed by atoms with Crippen molar-refractivity contribution in [2.75, 3.05) is 5.75 Å². The van der Waals surface area contributed by atoms with Crippen LogP contribution < -0.4 is 5.32 Å². The monoisotopic (exact) mass is 558 g/mol. The number of hydrogen-bond acceptors (Lipinski definition) is 3. The molecule has 3 rings (SSSR count). The van der Waals surface area contributed by atoms with Crippen LogP contribution in [0.5, 0.6) is 0 Å². The number of carbonyl (C=O) groups excluding carboxylic acids is 2. The second-order valence-corrected chi connectivity index (χ2v) is 11.0. The predicted molar refractivity (Wildman–Crippen MR) is 144 cm³/mol. The zero-order chi connectivity index (χ0) is 25.4. The molecule has 1 atom stereocenters. The average molecular weight is 560 g/mol. The summed E-state index contributed by atoms with van der Waals surface area (Å²) in [5.74, 6) is -0.458. The number of nitrogens with one attached hydrogen (secondary N) is 1. The Labute approximate surface area is 225 Å². The van der Waals surface area contributed by atoms with Crippen LogP contribution in [0.15, 0.2) is 36.4 Å². The van der Waals surface area contributed by atoms with Crippen LogP contribution in [0.1, 0.15) is 56.6 Å². The summed E-state index contributed by atoms with van der Waals surface area (Å²) in [6, 6.07) is 9.12. The topological polar surface area (TPSA) is 49.4 Å². The Morgan fingerprint density at radius 1 is 1.11 bits per heavy atom. The molecular formula is C26H30Cl3FN2O2S. The summed E-state index contributed by atoms with van der Waals surface area (Å²) in [7, 11) is 0. The van der Waals surface area contributed by atoms with Crippen LogP contribution in [0.2, 0.25) is 15.1 Å². The van der Waals surface area contributed by atoms with Gasteiger partial charge in [-0.05, 0) is 49.1 Å². The maximum atomic E-state index is 14.1. The smallest absolute Gasteiger partial charge is 0.243 e. The standard InChI is InChI=1S/C26H30Cl3FN2O2S/c1-2-24(26(34)31-19-7-4-3-5-8-19)32(14-17-11-12-18(27)13-22(17)29)25(33)16-35-15-20-21(28)9-6-10-23(20)30/h6,9-13,19,24H,2-5,7-8,14-16H2,1H3,(H,31,34). The van der Waals surface area contributed by atoms with Crippen molar-refractivity contribution in [3.05, 3.63) is 68.4 Å². The molecule has 1 saturated carbocycles. The quantitative estimate of drug-likeness (QED) is 0.333. The van der Waals surface area contributed by atoms with Crippen LogP contribution in [-0.2, 0) is 21.9 Å². The van der Waals surface area contributed by atoms with E-state index in [1.165, 1.54) is 24.2 Å². The number of carbonyl (C=O) groups is 2. The molecule has 35 heavy (non-hydrogen) atoms. The fourth-order valence-corrected chi connectivity index (χ4v) is 6.01. The van der Waals surface area contributed by atoms with E-state index in [4.69, 9.17) is 34.8 Å². The molecule has 1 aliphatic carbocycles. The Balaban J connectivity index is 1.76. The van der Waals surface area contributed by atoms with Gasteiger partial charge in [0.25, 0.3) is 0 Å². The van der Waals surface area contributed by atoms with Gasteiger partial charge in [-0.1, -0.05) is 73.1 Å². The molecule has 0 heterocycles. The van der Waals surface area contributed by atoms with Crippen molar-refractivity contribution >= 4 is 58.4 Å². The first-order valence-electron chi connectivity index (χ1n) is 11.8. The first-order chi connectivity index (χ1) is 16.8. The first kappa shape index (κ1) is 28.1. The predicted octanol–water partition coefficient (Wildman–Crippen LogP) is 7.28. The highest BCUT2D eigenvalue weighted by molar-refractivity contribution is 7.99. The molecular weight excluding hydrogens is 530 g/mol. The van der Waals surface area contributed by atoms with Crippen molar-refractivity contribution < 1.29 is 14.0 Å². The number of rotatable bonds is 10. The molecule has 9 heteroatoms. The second-order valence-electron chi connectivity index (χ2n) is 8.72. The molecule has 1 unspecified atom stereocenters. The molecule has 1 aliphatic rings. The molecule has 0 bridgehead atoms. The highest BCUT2D eigenvalue weighted by atomic mass is 35.5. The number of hydrogen-bond donors (Lipinski definition) is 1.